The smallest absolute Gasteiger partial charge is 0.161 e. The number of aromatic hydroxyl groups is 1. The molecule has 0 saturated carbocycles. The third kappa shape index (κ3) is 3.20. The first-order valence-corrected chi connectivity index (χ1v) is 6.25. The molecule has 1 aromatic carbocycles. The summed E-state index contributed by atoms with van der Waals surface area (Å²) in [6.45, 7) is 4.26. The predicted molar refractivity (Wildman–Crippen MR) is 72.7 cm³/mol. The van der Waals surface area contributed by atoms with Gasteiger partial charge in [-0.2, -0.15) is 0 Å². The summed E-state index contributed by atoms with van der Waals surface area (Å²) in [6.07, 6.45) is 0.855. The number of halogens is 1. The first-order valence-electron chi connectivity index (χ1n) is 5.87. The number of nitrogens with zero attached hydrogens (tertiary/aromatic N) is 2. The summed E-state index contributed by atoms with van der Waals surface area (Å²) in [4.78, 5) is 8.67. The SMILES string of the molecule is CC(C)Cc1cc(Cl)nc(-c2cccc(O)c2)n1. The lowest BCUT2D eigenvalue weighted by atomic mass is 10.1. The van der Waals surface area contributed by atoms with Crippen LogP contribution in [0.1, 0.15) is 19.5 Å². The summed E-state index contributed by atoms with van der Waals surface area (Å²) in [7, 11) is 0. The van der Waals surface area contributed by atoms with E-state index in [2.05, 4.69) is 23.8 Å². The molecule has 1 aromatic heterocycles. The van der Waals surface area contributed by atoms with Crippen molar-refractivity contribution < 1.29 is 5.11 Å². The zero-order valence-electron chi connectivity index (χ0n) is 10.4. The molecule has 0 spiro atoms. The fraction of sp³-hybridized carbons (Fsp3) is 0.286. The maximum absolute atomic E-state index is 9.47. The standard InChI is InChI=1S/C14H15ClN2O/c1-9(2)6-11-8-13(15)17-14(16-11)10-4-3-5-12(18)7-10/h3-5,7-9,18H,6H2,1-2H3. The lowest BCUT2D eigenvalue weighted by molar-refractivity contribution is 0.475. The van der Waals surface area contributed by atoms with E-state index in [9.17, 15) is 5.11 Å². The molecule has 4 heteroatoms. The maximum Gasteiger partial charge on any atom is 0.161 e. The lowest BCUT2D eigenvalue weighted by Gasteiger charge is -2.07. The van der Waals surface area contributed by atoms with E-state index in [1.165, 1.54) is 0 Å². The number of rotatable bonds is 3. The van der Waals surface area contributed by atoms with E-state index in [4.69, 9.17) is 11.6 Å². The summed E-state index contributed by atoms with van der Waals surface area (Å²) in [5.41, 5.74) is 1.69. The fourth-order valence-electron chi connectivity index (χ4n) is 1.76. The second-order valence-electron chi connectivity index (χ2n) is 4.65. The van der Waals surface area contributed by atoms with Gasteiger partial charge in [0.25, 0.3) is 0 Å². The highest BCUT2D eigenvalue weighted by atomic mass is 35.5. The van der Waals surface area contributed by atoms with Crippen LogP contribution in [0.25, 0.3) is 11.4 Å². The van der Waals surface area contributed by atoms with Crippen LogP contribution < -0.4 is 0 Å². The Kier molecular flexibility index (Phi) is 3.82. The average Bonchev–Trinajstić information content (AvgIpc) is 2.27. The minimum Gasteiger partial charge on any atom is -0.508 e. The number of phenolic OH excluding ortho intramolecular Hbond substituents is 1. The van der Waals surface area contributed by atoms with Gasteiger partial charge in [-0.05, 0) is 30.5 Å². The zero-order chi connectivity index (χ0) is 13.1. The molecule has 0 aliphatic heterocycles. The van der Waals surface area contributed by atoms with E-state index in [0.29, 0.717) is 16.9 Å². The first-order chi connectivity index (χ1) is 8.54. The normalized spacial score (nSPS) is 10.9. The van der Waals surface area contributed by atoms with Crippen LogP contribution in [0.5, 0.6) is 5.75 Å². The molecule has 0 bridgehead atoms. The zero-order valence-corrected chi connectivity index (χ0v) is 11.1. The molecule has 0 unspecified atom stereocenters. The van der Waals surface area contributed by atoms with E-state index in [1.54, 1.807) is 24.3 Å². The molecular formula is C14H15ClN2O. The Bertz CT molecular complexity index is 555. The molecule has 0 amide bonds. The van der Waals surface area contributed by atoms with Gasteiger partial charge in [-0.15, -0.1) is 0 Å². The van der Waals surface area contributed by atoms with Crippen LogP contribution in [0.2, 0.25) is 5.15 Å². The average molecular weight is 263 g/mol. The lowest BCUT2D eigenvalue weighted by Crippen LogP contribution is -2.00. The highest BCUT2D eigenvalue weighted by Gasteiger charge is 2.08. The Hall–Kier alpha value is -1.61. The molecule has 18 heavy (non-hydrogen) atoms. The van der Waals surface area contributed by atoms with Crippen LogP contribution in [0, 0.1) is 5.92 Å². The fourth-order valence-corrected chi connectivity index (χ4v) is 1.97. The Morgan fingerprint density at radius 3 is 2.67 bits per heavy atom. The van der Waals surface area contributed by atoms with Gasteiger partial charge >= 0.3 is 0 Å². The Morgan fingerprint density at radius 1 is 1.22 bits per heavy atom. The topological polar surface area (TPSA) is 46.0 Å². The third-order valence-corrected chi connectivity index (χ3v) is 2.66. The van der Waals surface area contributed by atoms with Gasteiger partial charge in [0.1, 0.15) is 10.9 Å². The maximum atomic E-state index is 9.47. The molecule has 0 aliphatic carbocycles. The van der Waals surface area contributed by atoms with Crippen LogP contribution in [0.15, 0.2) is 30.3 Å². The van der Waals surface area contributed by atoms with Crippen LogP contribution in [-0.4, -0.2) is 15.1 Å². The second kappa shape index (κ2) is 5.36. The van der Waals surface area contributed by atoms with Gasteiger partial charge in [0.2, 0.25) is 0 Å². The number of phenols is 1. The molecule has 1 heterocycles. The van der Waals surface area contributed by atoms with Crippen molar-refractivity contribution >= 4 is 11.6 Å². The van der Waals surface area contributed by atoms with Crippen molar-refractivity contribution in [1.82, 2.24) is 9.97 Å². The van der Waals surface area contributed by atoms with Crippen LogP contribution >= 0.6 is 11.6 Å². The quantitative estimate of drug-likeness (QED) is 0.858. The van der Waals surface area contributed by atoms with E-state index in [-0.39, 0.29) is 5.75 Å². The molecule has 3 nitrogen and oxygen atoms in total. The van der Waals surface area contributed by atoms with E-state index in [0.717, 1.165) is 17.7 Å². The van der Waals surface area contributed by atoms with Gasteiger partial charge in [0.05, 0.1) is 0 Å². The molecule has 0 aliphatic rings. The summed E-state index contributed by atoms with van der Waals surface area (Å²) in [5.74, 6) is 1.25. The summed E-state index contributed by atoms with van der Waals surface area (Å²) in [5, 5.41) is 9.90. The van der Waals surface area contributed by atoms with Crippen molar-refractivity contribution in [2.75, 3.05) is 0 Å². The molecule has 2 rings (SSSR count). The van der Waals surface area contributed by atoms with Crippen molar-refractivity contribution in [3.05, 3.63) is 41.2 Å². The molecule has 2 aromatic rings. The van der Waals surface area contributed by atoms with Crippen molar-refractivity contribution in [2.45, 2.75) is 20.3 Å². The second-order valence-corrected chi connectivity index (χ2v) is 5.04. The third-order valence-electron chi connectivity index (χ3n) is 2.47. The Balaban J connectivity index is 2.41. The van der Waals surface area contributed by atoms with Crippen LogP contribution in [0.4, 0.5) is 0 Å². The van der Waals surface area contributed by atoms with Gasteiger partial charge in [-0.1, -0.05) is 37.6 Å². The van der Waals surface area contributed by atoms with Crippen molar-refractivity contribution in [3.8, 4) is 17.1 Å². The van der Waals surface area contributed by atoms with Crippen molar-refractivity contribution in [1.29, 1.82) is 0 Å². The molecule has 0 saturated heterocycles. The minimum absolute atomic E-state index is 0.196. The number of aromatic nitrogens is 2. The summed E-state index contributed by atoms with van der Waals surface area (Å²) >= 11 is 6.01. The number of hydrogen-bond donors (Lipinski definition) is 1. The number of benzene rings is 1. The van der Waals surface area contributed by atoms with Gasteiger partial charge in [-0.3, -0.25) is 0 Å². The molecule has 94 valence electrons. The highest BCUT2D eigenvalue weighted by molar-refractivity contribution is 6.29. The van der Waals surface area contributed by atoms with Gasteiger partial charge < -0.3 is 5.11 Å². The molecule has 0 fully saturated rings. The highest BCUT2D eigenvalue weighted by Crippen LogP contribution is 2.22. The largest absolute Gasteiger partial charge is 0.508 e. The van der Waals surface area contributed by atoms with Crippen LogP contribution in [0.3, 0.4) is 0 Å². The molecule has 0 radical (unpaired) electrons. The van der Waals surface area contributed by atoms with Gasteiger partial charge in [0, 0.05) is 11.3 Å². The first kappa shape index (κ1) is 12.8. The minimum atomic E-state index is 0.196. The summed E-state index contributed by atoms with van der Waals surface area (Å²) in [6, 6.07) is 8.64. The van der Waals surface area contributed by atoms with Gasteiger partial charge in [-0.25, -0.2) is 9.97 Å². The number of hydrogen-bond acceptors (Lipinski definition) is 3. The summed E-state index contributed by atoms with van der Waals surface area (Å²) < 4.78 is 0. The van der Waals surface area contributed by atoms with E-state index < -0.39 is 0 Å². The van der Waals surface area contributed by atoms with E-state index in [1.807, 2.05) is 6.07 Å². The molecule has 1 N–H and O–H groups in total. The van der Waals surface area contributed by atoms with E-state index >= 15 is 0 Å². The predicted octanol–water partition coefficient (Wildman–Crippen LogP) is 3.70. The van der Waals surface area contributed by atoms with Crippen molar-refractivity contribution in [2.24, 2.45) is 5.92 Å². The molecular weight excluding hydrogens is 248 g/mol. The Labute approximate surface area is 111 Å². The van der Waals surface area contributed by atoms with Crippen molar-refractivity contribution in [3.63, 3.8) is 0 Å². The van der Waals surface area contributed by atoms with Gasteiger partial charge in [0.15, 0.2) is 5.82 Å². The monoisotopic (exact) mass is 262 g/mol. The Morgan fingerprint density at radius 2 is 2.00 bits per heavy atom. The van der Waals surface area contributed by atoms with Crippen LogP contribution in [-0.2, 0) is 6.42 Å². The molecule has 0 atom stereocenters.